The van der Waals surface area contributed by atoms with Crippen molar-refractivity contribution in [2.24, 2.45) is 0 Å². The molecule has 2 N–H and O–H groups in total. The lowest BCUT2D eigenvalue weighted by atomic mass is 10.2. The molecule has 27 heavy (non-hydrogen) atoms. The molecule has 0 fully saturated rings. The van der Waals surface area contributed by atoms with Crippen LogP contribution in [0.15, 0.2) is 59.5 Å². The molecule has 0 atom stereocenters. The maximum Gasteiger partial charge on any atom is 0.319 e. The number of thioether (sulfide) groups is 1. The van der Waals surface area contributed by atoms with Gasteiger partial charge in [0.25, 0.3) is 0 Å². The third kappa shape index (κ3) is 4.67. The first-order valence-electron chi connectivity index (χ1n) is 8.60. The van der Waals surface area contributed by atoms with Gasteiger partial charge in [0, 0.05) is 39.2 Å². The SMILES string of the molecule is CSc1cccc(NC(=O)NCc2cc(C)n(-c3cccc(Cl)c3)c2C)c1. The van der Waals surface area contributed by atoms with E-state index in [1.807, 2.05) is 68.6 Å². The Hall–Kier alpha value is -2.37. The Labute approximate surface area is 168 Å². The lowest BCUT2D eigenvalue weighted by Gasteiger charge is -2.11. The zero-order valence-electron chi connectivity index (χ0n) is 15.5. The Morgan fingerprint density at radius 3 is 2.63 bits per heavy atom. The molecule has 0 aliphatic carbocycles. The molecule has 6 heteroatoms. The van der Waals surface area contributed by atoms with Gasteiger partial charge in [-0.1, -0.05) is 23.7 Å². The molecule has 0 bridgehead atoms. The standard InChI is InChI=1S/C21H22ClN3OS/c1-14-10-16(15(2)25(14)19-8-4-6-17(22)11-19)13-23-21(26)24-18-7-5-9-20(12-18)27-3/h4-12H,13H2,1-3H3,(H2,23,24,26). The number of hydrogen-bond donors (Lipinski definition) is 2. The number of halogens is 1. The fourth-order valence-corrected chi connectivity index (χ4v) is 3.72. The van der Waals surface area contributed by atoms with Crippen LogP contribution in [0.2, 0.25) is 5.02 Å². The molecule has 1 aromatic heterocycles. The van der Waals surface area contributed by atoms with Gasteiger partial charge in [0.1, 0.15) is 0 Å². The summed E-state index contributed by atoms with van der Waals surface area (Å²) in [6.07, 6.45) is 2.01. The van der Waals surface area contributed by atoms with E-state index in [-0.39, 0.29) is 6.03 Å². The number of hydrogen-bond acceptors (Lipinski definition) is 2. The Kier molecular flexibility index (Phi) is 6.14. The molecule has 3 rings (SSSR count). The third-order valence-corrected chi connectivity index (χ3v) is 5.33. The van der Waals surface area contributed by atoms with Crippen molar-refractivity contribution in [3.63, 3.8) is 0 Å². The van der Waals surface area contributed by atoms with Gasteiger partial charge in [-0.2, -0.15) is 0 Å². The van der Waals surface area contributed by atoms with Crippen LogP contribution in [0.4, 0.5) is 10.5 Å². The molecule has 0 unspecified atom stereocenters. The van der Waals surface area contributed by atoms with Crippen LogP contribution >= 0.6 is 23.4 Å². The van der Waals surface area contributed by atoms with Crippen LogP contribution in [0.25, 0.3) is 5.69 Å². The number of aromatic nitrogens is 1. The molecule has 1 heterocycles. The van der Waals surface area contributed by atoms with Crippen LogP contribution < -0.4 is 10.6 Å². The minimum Gasteiger partial charge on any atom is -0.334 e. The van der Waals surface area contributed by atoms with Crippen LogP contribution in [0, 0.1) is 13.8 Å². The van der Waals surface area contributed by atoms with Gasteiger partial charge >= 0.3 is 6.03 Å². The molecule has 0 radical (unpaired) electrons. The van der Waals surface area contributed by atoms with Gasteiger partial charge in [-0.25, -0.2) is 4.79 Å². The summed E-state index contributed by atoms with van der Waals surface area (Å²) in [5.74, 6) is 0. The van der Waals surface area contributed by atoms with E-state index in [1.54, 1.807) is 11.8 Å². The highest BCUT2D eigenvalue weighted by Gasteiger charge is 2.12. The Morgan fingerprint density at radius 2 is 1.89 bits per heavy atom. The molecule has 2 aromatic carbocycles. The van der Waals surface area contributed by atoms with Gasteiger partial charge in [-0.15, -0.1) is 11.8 Å². The predicted octanol–water partition coefficient (Wildman–Crippen LogP) is 5.79. The van der Waals surface area contributed by atoms with Crippen LogP contribution in [-0.2, 0) is 6.54 Å². The smallest absolute Gasteiger partial charge is 0.319 e. The van der Waals surface area contributed by atoms with Crippen molar-refractivity contribution in [1.82, 2.24) is 9.88 Å². The van der Waals surface area contributed by atoms with Gasteiger partial charge < -0.3 is 15.2 Å². The van der Waals surface area contributed by atoms with E-state index in [4.69, 9.17) is 11.6 Å². The van der Waals surface area contributed by atoms with Crippen molar-refractivity contribution in [3.05, 3.63) is 76.6 Å². The zero-order chi connectivity index (χ0) is 19.4. The normalized spacial score (nSPS) is 10.7. The lowest BCUT2D eigenvalue weighted by molar-refractivity contribution is 0.251. The highest BCUT2D eigenvalue weighted by atomic mass is 35.5. The van der Waals surface area contributed by atoms with E-state index in [0.717, 1.165) is 33.2 Å². The Balaban J connectivity index is 1.69. The van der Waals surface area contributed by atoms with Crippen molar-refractivity contribution < 1.29 is 4.79 Å². The molecule has 0 saturated heterocycles. The van der Waals surface area contributed by atoms with Crippen molar-refractivity contribution >= 4 is 35.1 Å². The van der Waals surface area contributed by atoms with Crippen molar-refractivity contribution in [1.29, 1.82) is 0 Å². The van der Waals surface area contributed by atoms with Crippen molar-refractivity contribution in [2.45, 2.75) is 25.3 Å². The minimum atomic E-state index is -0.221. The van der Waals surface area contributed by atoms with Crippen LogP contribution in [-0.4, -0.2) is 16.9 Å². The second-order valence-corrected chi connectivity index (χ2v) is 7.57. The number of carbonyl (C=O) groups is 1. The average molecular weight is 400 g/mol. The second-order valence-electron chi connectivity index (χ2n) is 6.25. The van der Waals surface area contributed by atoms with Crippen molar-refractivity contribution in [2.75, 3.05) is 11.6 Å². The van der Waals surface area contributed by atoms with Gasteiger partial charge in [0.15, 0.2) is 0 Å². The second kappa shape index (κ2) is 8.55. The summed E-state index contributed by atoms with van der Waals surface area (Å²) in [5, 5.41) is 6.51. The topological polar surface area (TPSA) is 46.1 Å². The number of nitrogens with one attached hydrogen (secondary N) is 2. The summed E-state index contributed by atoms with van der Waals surface area (Å²) in [6, 6.07) is 17.4. The number of urea groups is 1. The fourth-order valence-electron chi connectivity index (χ4n) is 3.07. The average Bonchev–Trinajstić information content (AvgIpc) is 2.93. The molecule has 0 spiro atoms. The maximum atomic E-state index is 12.2. The van der Waals surface area contributed by atoms with Crippen molar-refractivity contribution in [3.8, 4) is 5.69 Å². The number of anilines is 1. The molecule has 3 aromatic rings. The number of rotatable bonds is 5. The molecular weight excluding hydrogens is 378 g/mol. The molecular formula is C21H22ClN3OS. The summed E-state index contributed by atoms with van der Waals surface area (Å²) < 4.78 is 2.14. The van der Waals surface area contributed by atoms with Gasteiger partial charge in [0.2, 0.25) is 0 Å². The predicted molar refractivity (Wildman–Crippen MR) is 114 cm³/mol. The van der Waals surface area contributed by atoms with E-state index in [1.165, 1.54) is 0 Å². The van der Waals surface area contributed by atoms with Crippen LogP contribution in [0.5, 0.6) is 0 Å². The third-order valence-electron chi connectivity index (χ3n) is 4.37. The van der Waals surface area contributed by atoms with E-state index < -0.39 is 0 Å². The van der Waals surface area contributed by atoms with E-state index in [2.05, 4.69) is 21.3 Å². The lowest BCUT2D eigenvalue weighted by Crippen LogP contribution is -2.28. The first-order chi connectivity index (χ1) is 13.0. The molecule has 2 amide bonds. The molecule has 4 nitrogen and oxygen atoms in total. The van der Waals surface area contributed by atoms with E-state index in [9.17, 15) is 4.79 Å². The summed E-state index contributed by atoms with van der Waals surface area (Å²) in [7, 11) is 0. The number of benzene rings is 2. The quantitative estimate of drug-likeness (QED) is 0.533. The van der Waals surface area contributed by atoms with Gasteiger partial charge in [-0.05, 0) is 68.1 Å². The highest BCUT2D eigenvalue weighted by molar-refractivity contribution is 7.98. The first kappa shape index (κ1) is 19.4. The summed E-state index contributed by atoms with van der Waals surface area (Å²) in [5.41, 5.74) is 5.05. The molecule has 0 aliphatic heterocycles. The molecule has 140 valence electrons. The molecule has 0 saturated carbocycles. The summed E-state index contributed by atoms with van der Waals surface area (Å²) in [6.45, 7) is 4.55. The highest BCUT2D eigenvalue weighted by Crippen LogP contribution is 2.23. The summed E-state index contributed by atoms with van der Waals surface area (Å²) >= 11 is 7.77. The number of carbonyl (C=O) groups excluding carboxylic acids is 1. The van der Waals surface area contributed by atoms with Gasteiger partial charge in [0.05, 0.1) is 0 Å². The van der Waals surface area contributed by atoms with E-state index >= 15 is 0 Å². The monoisotopic (exact) mass is 399 g/mol. The minimum absolute atomic E-state index is 0.221. The Morgan fingerprint density at radius 1 is 1.11 bits per heavy atom. The number of nitrogens with zero attached hydrogens (tertiary/aromatic N) is 1. The fraction of sp³-hybridized carbons (Fsp3) is 0.190. The molecule has 0 aliphatic rings. The first-order valence-corrected chi connectivity index (χ1v) is 10.2. The van der Waals surface area contributed by atoms with Crippen LogP contribution in [0.1, 0.15) is 17.0 Å². The van der Waals surface area contributed by atoms with Gasteiger partial charge in [-0.3, -0.25) is 0 Å². The summed E-state index contributed by atoms with van der Waals surface area (Å²) in [4.78, 5) is 13.4. The van der Waals surface area contributed by atoms with Crippen LogP contribution in [0.3, 0.4) is 0 Å². The Bertz CT molecular complexity index is 968. The van der Waals surface area contributed by atoms with E-state index in [0.29, 0.717) is 11.6 Å². The maximum absolute atomic E-state index is 12.2. The number of aryl methyl sites for hydroxylation is 1. The zero-order valence-corrected chi connectivity index (χ0v) is 17.1. The number of amides is 2. The largest absolute Gasteiger partial charge is 0.334 e.